The molecule has 1 aliphatic carbocycles. The number of carbonyl (C=O) groups excluding carboxylic acids is 2. The Hall–Kier alpha value is -2.89. The summed E-state index contributed by atoms with van der Waals surface area (Å²) in [6.07, 6.45) is 4.47. The van der Waals surface area contributed by atoms with Crippen molar-refractivity contribution in [3.8, 4) is 0 Å². The van der Waals surface area contributed by atoms with Gasteiger partial charge in [0.1, 0.15) is 5.76 Å². The minimum absolute atomic E-state index is 0.0306. The predicted octanol–water partition coefficient (Wildman–Crippen LogP) is 4.24. The summed E-state index contributed by atoms with van der Waals surface area (Å²) in [6.45, 7) is 7.65. The lowest BCUT2D eigenvalue weighted by Gasteiger charge is -2.29. The van der Waals surface area contributed by atoms with E-state index in [0.29, 0.717) is 17.2 Å². The Kier molecular flexibility index (Phi) is 5.75. The van der Waals surface area contributed by atoms with Crippen LogP contribution in [-0.2, 0) is 6.42 Å². The van der Waals surface area contributed by atoms with Crippen molar-refractivity contribution in [3.05, 3.63) is 58.0 Å². The summed E-state index contributed by atoms with van der Waals surface area (Å²) in [6, 6.07) is 7.41. The molecule has 6 nitrogen and oxygen atoms in total. The molecule has 30 heavy (non-hydrogen) atoms. The molecule has 2 amide bonds. The van der Waals surface area contributed by atoms with E-state index in [0.717, 1.165) is 73.4 Å². The largest absolute Gasteiger partial charge is 0.455 e. The van der Waals surface area contributed by atoms with Crippen LogP contribution < -0.4 is 5.43 Å². The Bertz CT molecular complexity index is 997. The molecule has 1 fully saturated rings. The van der Waals surface area contributed by atoms with Crippen molar-refractivity contribution in [1.29, 1.82) is 0 Å². The predicted molar refractivity (Wildman–Crippen MR) is 116 cm³/mol. The van der Waals surface area contributed by atoms with Gasteiger partial charge in [-0.25, -0.2) is 5.43 Å². The Morgan fingerprint density at radius 3 is 2.67 bits per heavy atom. The second kappa shape index (κ2) is 8.46. The molecule has 1 saturated heterocycles. The van der Waals surface area contributed by atoms with Crippen LogP contribution in [0.15, 0.2) is 33.8 Å². The van der Waals surface area contributed by atoms with Crippen LogP contribution in [0.5, 0.6) is 0 Å². The summed E-state index contributed by atoms with van der Waals surface area (Å²) in [5.74, 6) is 1.62. The van der Waals surface area contributed by atoms with Crippen LogP contribution in [0.25, 0.3) is 0 Å². The number of likely N-dealkylation sites (tertiary alicyclic amines) is 1. The molecule has 0 saturated carbocycles. The summed E-state index contributed by atoms with van der Waals surface area (Å²) < 4.78 is 6.03. The third-order valence-corrected chi connectivity index (χ3v) is 6.16. The zero-order valence-corrected chi connectivity index (χ0v) is 18.0. The van der Waals surface area contributed by atoms with Crippen LogP contribution in [0.1, 0.15) is 76.0 Å². The highest BCUT2D eigenvalue weighted by molar-refractivity contribution is 6.07. The third-order valence-electron chi connectivity index (χ3n) is 6.16. The average Bonchev–Trinajstić information content (AvgIpc) is 3.09. The van der Waals surface area contributed by atoms with Gasteiger partial charge in [0.15, 0.2) is 5.76 Å². The van der Waals surface area contributed by atoms with E-state index in [4.69, 9.17) is 4.42 Å². The SMILES string of the molecule is Cc1cccc(C(=O)N/N=C2\CCCc3oc(C(=O)N4CCC(C)CC4)c(C)c32)c1. The molecular weight excluding hydrogens is 378 g/mol. The molecule has 0 atom stereocenters. The van der Waals surface area contributed by atoms with E-state index in [-0.39, 0.29) is 11.8 Å². The number of hydrogen-bond donors (Lipinski definition) is 1. The van der Waals surface area contributed by atoms with E-state index in [9.17, 15) is 9.59 Å². The van der Waals surface area contributed by atoms with Crippen LogP contribution in [0, 0.1) is 19.8 Å². The van der Waals surface area contributed by atoms with Crippen LogP contribution >= 0.6 is 0 Å². The lowest BCUT2D eigenvalue weighted by molar-refractivity contribution is 0.0662. The van der Waals surface area contributed by atoms with Crippen molar-refractivity contribution < 1.29 is 14.0 Å². The monoisotopic (exact) mass is 407 g/mol. The van der Waals surface area contributed by atoms with Crippen LogP contribution in [-0.4, -0.2) is 35.5 Å². The number of nitrogens with one attached hydrogen (secondary N) is 1. The lowest BCUT2D eigenvalue weighted by Crippen LogP contribution is -2.38. The number of nitrogens with zero attached hydrogens (tertiary/aromatic N) is 2. The Labute approximate surface area is 177 Å². The van der Waals surface area contributed by atoms with E-state index < -0.39 is 0 Å². The first kappa shape index (κ1) is 20.4. The van der Waals surface area contributed by atoms with Gasteiger partial charge in [-0.3, -0.25) is 9.59 Å². The van der Waals surface area contributed by atoms with Gasteiger partial charge in [0.25, 0.3) is 11.8 Å². The van der Waals surface area contributed by atoms with Gasteiger partial charge in [-0.1, -0.05) is 24.6 Å². The number of amides is 2. The van der Waals surface area contributed by atoms with E-state index in [1.807, 2.05) is 36.9 Å². The highest BCUT2D eigenvalue weighted by atomic mass is 16.4. The van der Waals surface area contributed by atoms with Gasteiger partial charge in [0.2, 0.25) is 0 Å². The second-order valence-corrected chi connectivity index (χ2v) is 8.55. The maximum atomic E-state index is 13.1. The van der Waals surface area contributed by atoms with E-state index >= 15 is 0 Å². The molecule has 2 aromatic rings. The second-order valence-electron chi connectivity index (χ2n) is 8.55. The van der Waals surface area contributed by atoms with Gasteiger partial charge in [0.05, 0.1) is 5.71 Å². The quantitative estimate of drug-likeness (QED) is 0.774. The summed E-state index contributed by atoms with van der Waals surface area (Å²) in [4.78, 5) is 27.4. The molecule has 0 spiro atoms. The van der Waals surface area contributed by atoms with Crippen molar-refractivity contribution in [1.82, 2.24) is 10.3 Å². The van der Waals surface area contributed by atoms with Crippen molar-refractivity contribution in [3.63, 3.8) is 0 Å². The van der Waals surface area contributed by atoms with E-state index in [2.05, 4.69) is 17.5 Å². The molecule has 0 unspecified atom stereocenters. The number of benzene rings is 1. The molecule has 2 heterocycles. The minimum Gasteiger partial charge on any atom is -0.455 e. The molecule has 0 bridgehead atoms. The van der Waals surface area contributed by atoms with E-state index in [1.54, 1.807) is 6.07 Å². The molecular formula is C24H29N3O3. The fraction of sp³-hybridized carbons (Fsp3) is 0.458. The van der Waals surface area contributed by atoms with Crippen LogP contribution in [0.4, 0.5) is 0 Å². The van der Waals surface area contributed by atoms with Gasteiger partial charge in [-0.15, -0.1) is 0 Å². The fourth-order valence-electron chi connectivity index (χ4n) is 4.31. The first-order chi connectivity index (χ1) is 14.4. The van der Waals surface area contributed by atoms with Gasteiger partial charge in [0, 0.05) is 36.2 Å². The zero-order chi connectivity index (χ0) is 21.3. The third kappa shape index (κ3) is 4.04. The lowest BCUT2D eigenvalue weighted by atomic mass is 9.93. The van der Waals surface area contributed by atoms with Crippen molar-refractivity contribution in [2.45, 2.75) is 52.9 Å². The maximum absolute atomic E-state index is 13.1. The molecule has 158 valence electrons. The molecule has 6 heteroatoms. The number of hydrazone groups is 1. The smallest absolute Gasteiger partial charge is 0.289 e. The van der Waals surface area contributed by atoms with E-state index in [1.165, 1.54) is 0 Å². The standard InChI is InChI=1S/C24H29N3O3/c1-15-10-12-27(13-11-15)24(29)22-17(3)21-19(8-5-9-20(21)30-22)25-26-23(28)18-7-4-6-16(2)14-18/h4,6-7,14-15H,5,8-13H2,1-3H3,(H,26,28)/b25-19+. The van der Waals surface area contributed by atoms with Crippen molar-refractivity contribution in [2.75, 3.05) is 13.1 Å². The fourth-order valence-corrected chi connectivity index (χ4v) is 4.31. The Morgan fingerprint density at radius 1 is 1.17 bits per heavy atom. The topological polar surface area (TPSA) is 74.9 Å². The first-order valence-corrected chi connectivity index (χ1v) is 10.8. The molecule has 0 radical (unpaired) electrons. The maximum Gasteiger partial charge on any atom is 0.289 e. The zero-order valence-electron chi connectivity index (χ0n) is 18.0. The normalized spacial score (nSPS) is 18.4. The van der Waals surface area contributed by atoms with Gasteiger partial charge < -0.3 is 9.32 Å². The number of piperidine rings is 1. The molecule has 2 aliphatic rings. The average molecular weight is 408 g/mol. The van der Waals surface area contributed by atoms with Gasteiger partial charge >= 0.3 is 0 Å². The number of carbonyl (C=O) groups is 2. The Morgan fingerprint density at radius 2 is 1.93 bits per heavy atom. The minimum atomic E-state index is -0.238. The Balaban J connectivity index is 1.56. The molecule has 1 aromatic carbocycles. The van der Waals surface area contributed by atoms with Crippen molar-refractivity contribution in [2.24, 2.45) is 11.0 Å². The van der Waals surface area contributed by atoms with Crippen molar-refractivity contribution >= 4 is 17.5 Å². The van der Waals surface area contributed by atoms with Crippen LogP contribution in [0.3, 0.4) is 0 Å². The molecule has 1 aromatic heterocycles. The number of hydrogen-bond acceptors (Lipinski definition) is 4. The summed E-state index contributed by atoms with van der Waals surface area (Å²) in [5, 5.41) is 4.42. The number of furan rings is 1. The van der Waals surface area contributed by atoms with Gasteiger partial charge in [-0.05, 0) is 57.6 Å². The summed E-state index contributed by atoms with van der Waals surface area (Å²) in [7, 11) is 0. The summed E-state index contributed by atoms with van der Waals surface area (Å²) in [5.41, 5.74) is 6.79. The number of aryl methyl sites for hydroxylation is 2. The number of fused-ring (bicyclic) bond motifs is 1. The highest BCUT2D eigenvalue weighted by Crippen LogP contribution is 2.31. The van der Waals surface area contributed by atoms with Crippen LogP contribution in [0.2, 0.25) is 0 Å². The summed E-state index contributed by atoms with van der Waals surface area (Å²) >= 11 is 0. The molecule has 1 N–H and O–H groups in total. The molecule has 1 aliphatic heterocycles. The first-order valence-electron chi connectivity index (χ1n) is 10.8. The van der Waals surface area contributed by atoms with Gasteiger partial charge in [-0.2, -0.15) is 5.10 Å². The highest BCUT2D eigenvalue weighted by Gasteiger charge is 2.31. The molecule has 4 rings (SSSR count). The number of rotatable bonds is 3.